The van der Waals surface area contributed by atoms with Gasteiger partial charge in [0.25, 0.3) is 0 Å². The van der Waals surface area contributed by atoms with E-state index >= 15 is 0 Å². The molecule has 1 amide bonds. The first-order valence-corrected chi connectivity index (χ1v) is 3.51. The number of carbonyl (C=O) groups excluding carboxylic acids is 1. The van der Waals surface area contributed by atoms with Crippen LogP contribution < -0.4 is 5.32 Å². The van der Waals surface area contributed by atoms with Crippen LogP contribution in [-0.2, 0) is 4.79 Å². The summed E-state index contributed by atoms with van der Waals surface area (Å²) in [5.74, 6) is 0.305. The molecular weight excluding hydrogens is 144 g/mol. The second-order valence-electron chi connectivity index (χ2n) is 2.62. The Morgan fingerprint density at radius 3 is 3.18 bits per heavy atom. The summed E-state index contributed by atoms with van der Waals surface area (Å²) >= 11 is 0. The molecule has 1 saturated heterocycles. The number of amides is 1. The van der Waals surface area contributed by atoms with E-state index < -0.39 is 0 Å². The Kier molecular flexibility index (Phi) is 1.38. The van der Waals surface area contributed by atoms with E-state index in [4.69, 9.17) is 4.42 Å². The van der Waals surface area contributed by atoms with Crippen molar-refractivity contribution < 1.29 is 9.21 Å². The van der Waals surface area contributed by atoms with E-state index in [9.17, 15) is 4.79 Å². The third-order valence-corrected chi connectivity index (χ3v) is 1.85. The van der Waals surface area contributed by atoms with Gasteiger partial charge in [0.1, 0.15) is 6.26 Å². The summed E-state index contributed by atoms with van der Waals surface area (Å²) in [4.78, 5) is 14.8. The summed E-state index contributed by atoms with van der Waals surface area (Å²) in [6, 6.07) is 0. The summed E-state index contributed by atoms with van der Waals surface area (Å²) in [6.07, 6.45) is 3.51. The standard InChI is InChI=1S/C7H8N2O2/c10-7-1-5(2-8-7)6-3-11-4-9-6/h3-5H,1-2H2,(H,8,10). The molecule has 0 spiro atoms. The highest BCUT2D eigenvalue weighted by Gasteiger charge is 2.24. The Labute approximate surface area is 63.6 Å². The molecule has 0 aliphatic carbocycles. The quantitative estimate of drug-likeness (QED) is 0.628. The third kappa shape index (κ3) is 1.11. The van der Waals surface area contributed by atoms with Crippen molar-refractivity contribution >= 4 is 5.91 Å². The lowest BCUT2D eigenvalue weighted by atomic mass is 10.1. The van der Waals surface area contributed by atoms with Crippen LogP contribution in [0.2, 0.25) is 0 Å². The minimum absolute atomic E-state index is 0.0954. The predicted molar refractivity (Wildman–Crippen MR) is 36.9 cm³/mol. The summed E-state index contributed by atoms with van der Waals surface area (Å²) in [5.41, 5.74) is 0.864. The first-order valence-electron chi connectivity index (χ1n) is 3.51. The van der Waals surface area contributed by atoms with Crippen molar-refractivity contribution in [2.45, 2.75) is 12.3 Å². The molecule has 1 aromatic heterocycles. The highest BCUT2D eigenvalue weighted by Crippen LogP contribution is 2.20. The Hall–Kier alpha value is -1.32. The second kappa shape index (κ2) is 2.38. The average molecular weight is 152 g/mol. The molecule has 1 atom stereocenters. The van der Waals surface area contributed by atoms with Gasteiger partial charge >= 0.3 is 0 Å². The van der Waals surface area contributed by atoms with Crippen LogP contribution in [-0.4, -0.2) is 17.4 Å². The summed E-state index contributed by atoms with van der Waals surface area (Å²) in [6.45, 7) is 0.686. The zero-order valence-electron chi connectivity index (χ0n) is 5.91. The van der Waals surface area contributed by atoms with E-state index in [0.29, 0.717) is 13.0 Å². The highest BCUT2D eigenvalue weighted by molar-refractivity contribution is 5.79. The van der Waals surface area contributed by atoms with Gasteiger partial charge in [-0.3, -0.25) is 4.79 Å². The molecule has 0 radical (unpaired) electrons. The van der Waals surface area contributed by atoms with Gasteiger partial charge in [-0.25, -0.2) is 4.98 Å². The van der Waals surface area contributed by atoms with Crippen LogP contribution in [0.1, 0.15) is 18.0 Å². The number of aromatic nitrogens is 1. The van der Waals surface area contributed by atoms with Gasteiger partial charge in [-0.15, -0.1) is 0 Å². The van der Waals surface area contributed by atoms with E-state index in [1.807, 2.05) is 0 Å². The summed E-state index contributed by atoms with van der Waals surface area (Å²) in [7, 11) is 0. The van der Waals surface area contributed by atoms with E-state index in [2.05, 4.69) is 10.3 Å². The number of rotatable bonds is 1. The monoisotopic (exact) mass is 152 g/mol. The third-order valence-electron chi connectivity index (χ3n) is 1.85. The fourth-order valence-corrected chi connectivity index (χ4v) is 1.24. The number of nitrogens with one attached hydrogen (secondary N) is 1. The first kappa shape index (κ1) is 6.39. The van der Waals surface area contributed by atoms with E-state index in [0.717, 1.165) is 5.69 Å². The maximum absolute atomic E-state index is 10.8. The Morgan fingerprint density at radius 2 is 2.64 bits per heavy atom. The van der Waals surface area contributed by atoms with Crippen LogP contribution in [0.4, 0.5) is 0 Å². The van der Waals surface area contributed by atoms with E-state index in [-0.39, 0.29) is 11.8 Å². The maximum Gasteiger partial charge on any atom is 0.220 e. The van der Waals surface area contributed by atoms with Crippen LogP contribution in [0.25, 0.3) is 0 Å². The molecule has 1 unspecified atom stereocenters. The lowest BCUT2D eigenvalue weighted by Crippen LogP contribution is -2.13. The number of hydrogen-bond donors (Lipinski definition) is 1. The van der Waals surface area contributed by atoms with Gasteiger partial charge in [0.15, 0.2) is 6.39 Å². The zero-order valence-corrected chi connectivity index (χ0v) is 5.91. The molecule has 0 aromatic carbocycles. The van der Waals surface area contributed by atoms with Gasteiger partial charge in [-0.05, 0) is 0 Å². The number of nitrogens with zero attached hydrogens (tertiary/aromatic N) is 1. The second-order valence-corrected chi connectivity index (χ2v) is 2.62. The number of carbonyl (C=O) groups is 1. The molecule has 1 aromatic rings. The van der Waals surface area contributed by atoms with Crippen molar-refractivity contribution in [1.82, 2.24) is 10.3 Å². The van der Waals surface area contributed by atoms with Crippen LogP contribution in [0.5, 0.6) is 0 Å². The molecular formula is C7H8N2O2. The molecule has 1 fully saturated rings. The molecule has 2 heterocycles. The van der Waals surface area contributed by atoms with Crippen molar-refractivity contribution in [3.63, 3.8) is 0 Å². The van der Waals surface area contributed by atoms with Gasteiger partial charge in [-0.2, -0.15) is 0 Å². The van der Waals surface area contributed by atoms with Gasteiger partial charge in [0, 0.05) is 18.9 Å². The molecule has 11 heavy (non-hydrogen) atoms. The maximum atomic E-state index is 10.8. The van der Waals surface area contributed by atoms with Crippen molar-refractivity contribution in [2.24, 2.45) is 0 Å². The number of hydrogen-bond acceptors (Lipinski definition) is 3. The molecule has 1 aliphatic rings. The van der Waals surface area contributed by atoms with E-state index in [1.54, 1.807) is 6.26 Å². The molecule has 58 valence electrons. The molecule has 1 N–H and O–H groups in total. The van der Waals surface area contributed by atoms with Crippen molar-refractivity contribution in [1.29, 1.82) is 0 Å². The molecule has 4 nitrogen and oxygen atoms in total. The minimum atomic E-state index is 0.0954. The summed E-state index contributed by atoms with van der Waals surface area (Å²) in [5, 5.41) is 2.74. The molecule has 0 bridgehead atoms. The lowest BCUT2D eigenvalue weighted by Gasteiger charge is -1.98. The van der Waals surface area contributed by atoms with Crippen LogP contribution in [0, 0.1) is 0 Å². The predicted octanol–water partition coefficient (Wildman–Crippen LogP) is 0.278. The Bertz CT molecular complexity index is 255. The fourth-order valence-electron chi connectivity index (χ4n) is 1.24. The summed E-state index contributed by atoms with van der Waals surface area (Å²) < 4.78 is 4.81. The fraction of sp³-hybridized carbons (Fsp3) is 0.429. The Balaban J connectivity index is 2.13. The van der Waals surface area contributed by atoms with Crippen molar-refractivity contribution in [3.05, 3.63) is 18.4 Å². The molecule has 1 aliphatic heterocycles. The first-order chi connectivity index (χ1) is 5.36. The molecule has 2 rings (SSSR count). The lowest BCUT2D eigenvalue weighted by molar-refractivity contribution is -0.119. The topological polar surface area (TPSA) is 55.1 Å². The zero-order chi connectivity index (χ0) is 7.68. The molecule has 4 heteroatoms. The van der Waals surface area contributed by atoms with Crippen molar-refractivity contribution in [2.75, 3.05) is 6.54 Å². The van der Waals surface area contributed by atoms with Gasteiger partial charge < -0.3 is 9.73 Å². The minimum Gasteiger partial charge on any atom is -0.451 e. The number of oxazole rings is 1. The molecule has 0 saturated carbocycles. The normalized spacial score (nSPS) is 23.6. The van der Waals surface area contributed by atoms with Gasteiger partial charge in [-0.1, -0.05) is 0 Å². The van der Waals surface area contributed by atoms with Crippen molar-refractivity contribution in [3.8, 4) is 0 Å². The SMILES string of the molecule is O=C1CC(c2cocn2)CN1. The van der Waals surface area contributed by atoms with Gasteiger partial charge in [0.05, 0.1) is 5.69 Å². The van der Waals surface area contributed by atoms with E-state index in [1.165, 1.54) is 6.39 Å². The van der Waals surface area contributed by atoms with Gasteiger partial charge in [0.2, 0.25) is 5.91 Å². The Morgan fingerprint density at radius 1 is 1.73 bits per heavy atom. The largest absolute Gasteiger partial charge is 0.451 e. The van der Waals surface area contributed by atoms with Crippen LogP contribution in [0.15, 0.2) is 17.1 Å². The smallest absolute Gasteiger partial charge is 0.220 e. The van der Waals surface area contributed by atoms with Crippen LogP contribution >= 0.6 is 0 Å². The average Bonchev–Trinajstić information content (AvgIpc) is 2.55. The highest BCUT2D eigenvalue weighted by atomic mass is 16.3. The van der Waals surface area contributed by atoms with Crippen LogP contribution in [0.3, 0.4) is 0 Å².